The van der Waals surface area contributed by atoms with Crippen molar-refractivity contribution >= 4 is 17.9 Å². The number of ether oxygens (including phenoxy) is 1. The number of hydrogen-bond acceptors (Lipinski definition) is 4. The van der Waals surface area contributed by atoms with Crippen molar-refractivity contribution in [1.82, 2.24) is 15.5 Å². The number of carbonyl (C=O) groups is 3. The van der Waals surface area contributed by atoms with Gasteiger partial charge in [0.25, 0.3) is 0 Å². The number of rotatable bonds is 8. The Morgan fingerprint density at radius 2 is 1.81 bits per heavy atom. The number of amides is 3. The minimum Gasteiger partial charge on any atom is -0.466 e. The summed E-state index contributed by atoms with van der Waals surface area (Å²) in [7, 11) is 0. The predicted molar refractivity (Wildman–Crippen MR) is 102 cm³/mol. The lowest BCUT2D eigenvalue weighted by atomic mass is 10.0. The van der Waals surface area contributed by atoms with Crippen LogP contribution in [0.5, 0.6) is 0 Å². The monoisotopic (exact) mass is 375 g/mol. The van der Waals surface area contributed by atoms with Gasteiger partial charge in [0, 0.05) is 26.1 Å². The maximum Gasteiger partial charge on any atom is 0.315 e. The lowest BCUT2D eigenvalue weighted by molar-refractivity contribution is -0.143. The van der Waals surface area contributed by atoms with E-state index in [2.05, 4.69) is 10.6 Å². The van der Waals surface area contributed by atoms with Crippen molar-refractivity contribution in [3.63, 3.8) is 0 Å². The van der Waals surface area contributed by atoms with Gasteiger partial charge in [-0.3, -0.25) is 9.59 Å². The van der Waals surface area contributed by atoms with Crippen molar-refractivity contribution in [2.45, 2.75) is 45.1 Å². The maximum atomic E-state index is 12.2. The second-order valence-electron chi connectivity index (χ2n) is 6.56. The molecule has 1 fully saturated rings. The van der Waals surface area contributed by atoms with Gasteiger partial charge in [0.2, 0.25) is 5.91 Å². The van der Waals surface area contributed by atoms with Crippen LogP contribution in [0.1, 0.15) is 50.6 Å². The van der Waals surface area contributed by atoms with E-state index >= 15 is 0 Å². The molecule has 2 N–H and O–H groups in total. The van der Waals surface area contributed by atoms with E-state index in [1.165, 1.54) is 6.42 Å². The fraction of sp³-hybridized carbons (Fsp3) is 0.550. The number of carbonyl (C=O) groups excluding carboxylic acids is 3. The first-order valence-electron chi connectivity index (χ1n) is 9.63. The zero-order chi connectivity index (χ0) is 19.5. The molecule has 3 amide bonds. The van der Waals surface area contributed by atoms with Crippen LogP contribution in [0.4, 0.5) is 4.79 Å². The number of esters is 1. The molecule has 1 heterocycles. The second-order valence-corrected chi connectivity index (χ2v) is 6.56. The highest BCUT2D eigenvalue weighted by Crippen LogP contribution is 2.17. The predicted octanol–water partition coefficient (Wildman–Crippen LogP) is 2.38. The third-order valence-corrected chi connectivity index (χ3v) is 4.52. The van der Waals surface area contributed by atoms with E-state index in [1.54, 1.807) is 6.92 Å². The normalized spacial score (nSPS) is 14.9. The fourth-order valence-corrected chi connectivity index (χ4v) is 3.12. The lowest BCUT2D eigenvalue weighted by Crippen LogP contribution is -2.41. The molecule has 7 heteroatoms. The summed E-state index contributed by atoms with van der Waals surface area (Å²) in [6, 6.07) is 8.39. The van der Waals surface area contributed by atoms with Crippen molar-refractivity contribution in [3.05, 3.63) is 35.9 Å². The van der Waals surface area contributed by atoms with E-state index in [4.69, 9.17) is 4.74 Å². The molecular formula is C20H29N3O4. The van der Waals surface area contributed by atoms with E-state index < -0.39 is 12.1 Å². The number of hydrogen-bond donors (Lipinski definition) is 2. The van der Waals surface area contributed by atoms with Crippen LogP contribution in [0, 0.1) is 0 Å². The highest BCUT2D eigenvalue weighted by Gasteiger charge is 2.20. The van der Waals surface area contributed by atoms with Crippen LogP contribution in [0.15, 0.2) is 30.3 Å². The lowest BCUT2D eigenvalue weighted by Gasteiger charge is -2.26. The summed E-state index contributed by atoms with van der Waals surface area (Å²) in [4.78, 5) is 38.1. The summed E-state index contributed by atoms with van der Waals surface area (Å²) in [5.41, 5.74) is 0.824. The van der Waals surface area contributed by atoms with Gasteiger partial charge in [0.15, 0.2) is 0 Å². The van der Waals surface area contributed by atoms with Gasteiger partial charge in [-0.25, -0.2) is 4.79 Å². The first kappa shape index (κ1) is 20.7. The van der Waals surface area contributed by atoms with Gasteiger partial charge < -0.3 is 20.3 Å². The summed E-state index contributed by atoms with van der Waals surface area (Å²) < 4.78 is 4.99. The van der Waals surface area contributed by atoms with Crippen molar-refractivity contribution in [1.29, 1.82) is 0 Å². The maximum absolute atomic E-state index is 12.2. The van der Waals surface area contributed by atoms with Crippen molar-refractivity contribution in [2.24, 2.45) is 0 Å². The van der Waals surface area contributed by atoms with E-state index in [0.29, 0.717) is 6.61 Å². The van der Waals surface area contributed by atoms with Crippen LogP contribution in [-0.2, 0) is 14.3 Å². The number of nitrogens with zero attached hydrogens (tertiary/aromatic N) is 1. The quantitative estimate of drug-likeness (QED) is 0.683. The minimum atomic E-state index is -0.483. The van der Waals surface area contributed by atoms with Gasteiger partial charge in [0.1, 0.15) is 0 Å². The standard InChI is InChI=1S/C20H29N3O4/c1-2-27-19(25)15-17(16-9-5-3-6-10-16)22-20(26)21-12-11-18(24)23-13-7-4-8-14-23/h3,5-6,9-10,17H,2,4,7-8,11-15H2,1H3,(H2,21,22,26). The molecular weight excluding hydrogens is 346 g/mol. The molecule has 148 valence electrons. The smallest absolute Gasteiger partial charge is 0.315 e. The Hall–Kier alpha value is -2.57. The zero-order valence-corrected chi connectivity index (χ0v) is 15.9. The van der Waals surface area contributed by atoms with E-state index in [0.717, 1.165) is 31.5 Å². The van der Waals surface area contributed by atoms with Crippen molar-refractivity contribution < 1.29 is 19.1 Å². The Kier molecular flexibility index (Phi) is 8.61. The molecule has 2 rings (SSSR count). The van der Waals surface area contributed by atoms with E-state index in [-0.39, 0.29) is 31.3 Å². The SMILES string of the molecule is CCOC(=O)CC(NC(=O)NCCC(=O)N1CCCCC1)c1ccccc1. The molecule has 0 aliphatic carbocycles. The second kappa shape index (κ2) is 11.2. The van der Waals surface area contributed by atoms with E-state index in [1.807, 2.05) is 35.2 Å². The van der Waals surface area contributed by atoms with Gasteiger partial charge in [-0.15, -0.1) is 0 Å². The molecule has 1 aliphatic heterocycles. The van der Waals surface area contributed by atoms with Crippen LogP contribution in [0.2, 0.25) is 0 Å². The molecule has 27 heavy (non-hydrogen) atoms. The van der Waals surface area contributed by atoms with Gasteiger partial charge in [0.05, 0.1) is 19.1 Å². The molecule has 0 bridgehead atoms. The van der Waals surface area contributed by atoms with Gasteiger partial charge in [-0.05, 0) is 31.7 Å². The molecule has 0 radical (unpaired) electrons. The average Bonchev–Trinajstić information content (AvgIpc) is 2.69. The summed E-state index contributed by atoms with van der Waals surface area (Å²) in [6.45, 7) is 3.92. The fourth-order valence-electron chi connectivity index (χ4n) is 3.12. The largest absolute Gasteiger partial charge is 0.466 e. The molecule has 1 atom stereocenters. The molecule has 1 aromatic rings. The summed E-state index contributed by atoms with van der Waals surface area (Å²) in [5, 5.41) is 5.51. The number of nitrogens with one attached hydrogen (secondary N) is 2. The summed E-state index contributed by atoms with van der Waals surface area (Å²) in [6.07, 6.45) is 3.60. The van der Waals surface area contributed by atoms with Crippen LogP contribution < -0.4 is 10.6 Å². The topological polar surface area (TPSA) is 87.7 Å². The highest BCUT2D eigenvalue weighted by atomic mass is 16.5. The first-order valence-corrected chi connectivity index (χ1v) is 9.63. The Labute approximate surface area is 160 Å². The third-order valence-electron chi connectivity index (χ3n) is 4.52. The minimum absolute atomic E-state index is 0.0536. The van der Waals surface area contributed by atoms with Gasteiger partial charge in [-0.2, -0.15) is 0 Å². The summed E-state index contributed by atoms with van der Waals surface area (Å²) in [5.74, 6) is -0.298. The van der Waals surface area contributed by atoms with Crippen molar-refractivity contribution in [3.8, 4) is 0 Å². The molecule has 1 aliphatic rings. The molecule has 7 nitrogen and oxygen atoms in total. The average molecular weight is 375 g/mol. The Morgan fingerprint density at radius 1 is 1.11 bits per heavy atom. The Bertz CT molecular complexity index is 615. The molecule has 1 unspecified atom stereocenters. The van der Waals surface area contributed by atoms with Crippen LogP contribution in [0.3, 0.4) is 0 Å². The van der Waals surface area contributed by atoms with Gasteiger partial charge in [-0.1, -0.05) is 30.3 Å². The first-order chi connectivity index (χ1) is 13.1. The van der Waals surface area contributed by atoms with Crippen LogP contribution in [-0.4, -0.2) is 49.0 Å². The molecule has 0 aromatic heterocycles. The van der Waals surface area contributed by atoms with Crippen LogP contribution in [0.25, 0.3) is 0 Å². The number of piperidine rings is 1. The zero-order valence-electron chi connectivity index (χ0n) is 15.9. The van der Waals surface area contributed by atoms with Gasteiger partial charge >= 0.3 is 12.0 Å². The molecule has 0 saturated carbocycles. The number of benzene rings is 1. The number of likely N-dealkylation sites (tertiary alicyclic amines) is 1. The number of urea groups is 1. The molecule has 0 spiro atoms. The summed E-state index contributed by atoms with van der Waals surface area (Å²) >= 11 is 0. The molecule has 1 saturated heterocycles. The Morgan fingerprint density at radius 3 is 2.48 bits per heavy atom. The van der Waals surface area contributed by atoms with E-state index in [9.17, 15) is 14.4 Å². The Balaban J connectivity index is 1.81. The molecule has 1 aromatic carbocycles. The van der Waals surface area contributed by atoms with Crippen molar-refractivity contribution in [2.75, 3.05) is 26.2 Å². The third kappa shape index (κ3) is 7.29. The van der Waals surface area contributed by atoms with Crippen LogP contribution >= 0.6 is 0 Å². The highest BCUT2D eigenvalue weighted by molar-refractivity contribution is 5.79.